The molecule has 0 N–H and O–H groups in total. The highest BCUT2D eigenvalue weighted by molar-refractivity contribution is 5.84. The van der Waals surface area contributed by atoms with Crippen LogP contribution < -0.4 is 0 Å². The van der Waals surface area contributed by atoms with Crippen molar-refractivity contribution in [3.63, 3.8) is 0 Å². The number of rotatable bonds is 1. The fourth-order valence-electron chi connectivity index (χ4n) is 1.69. The number of hydrogen-bond acceptors (Lipinski definition) is 1. The van der Waals surface area contributed by atoms with E-state index in [1.54, 1.807) is 0 Å². The summed E-state index contributed by atoms with van der Waals surface area (Å²) in [6, 6.07) is 8.70. The zero-order valence-electron chi connectivity index (χ0n) is 8.91. The van der Waals surface area contributed by atoms with Crippen LogP contribution in [-0.2, 0) is 0 Å². The van der Waals surface area contributed by atoms with Gasteiger partial charge in [-0.05, 0) is 35.9 Å². The molecular formula is C13H15N. The lowest BCUT2D eigenvalue weighted by atomic mass is 9.99. The number of aromatic nitrogens is 1. The Morgan fingerprint density at radius 3 is 2.64 bits per heavy atom. The third kappa shape index (κ3) is 1.50. The van der Waals surface area contributed by atoms with Crippen LogP contribution in [-0.4, -0.2) is 4.98 Å². The highest BCUT2D eigenvalue weighted by Gasteiger charge is 2.02. The molecule has 2 aromatic rings. The number of nitrogens with zero attached hydrogens (tertiary/aromatic N) is 1. The number of benzene rings is 1. The van der Waals surface area contributed by atoms with Crippen molar-refractivity contribution in [2.45, 2.75) is 26.7 Å². The minimum atomic E-state index is 0.582. The average Bonchev–Trinajstić information content (AvgIpc) is 2.18. The smallest absolute Gasteiger partial charge is 0.0451 e. The van der Waals surface area contributed by atoms with E-state index in [0.717, 1.165) is 5.69 Å². The van der Waals surface area contributed by atoms with E-state index in [2.05, 4.69) is 50.0 Å². The van der Waals surface area contributed by atoms with Gasteiger partial charge in [-0.25, -0.2) is 0 Å². The minimum absolute atomic E-state index is 0.582. The number of hydrogen-bond donors (Lipinski definition) is 0. The molecule has 1 aromatic carbocycles. The van der Waals surface area contributed by atoms with Crippen molar-refractivity contribution in [2.75, 3.05) is 0 Å². The quantitative estimate of drug-likeness (QED) is 0.660. The van der Waals surface area contributed by atoms with Gasteiger partial charge in [0.25, 0.3) is 0 Å². The Morgan fingerprint density at radius 2 is 1.93 bits per heavy atom. The summed E-state index contributed by atoms with van der Waals surface area (Å²) in [7, 11) is 0. The third-order valence-corrected chi connectivity index (χ3v) is 2.66. The van der Waals surface area contributed by atoms with E-state index in [4.69, 9.17) is 0 Å². The normalized spacial score (nSPS) is 11.1. The van der Waals surface area contributed by atoms with Crippen molar-refractivity contribution in [2.24, 2.45) is 0 Å². The molecule has 0 unspecified atom stereocenters. The Balaban J connectivity index is 2.70. The van der Waals surface area contributed by atoms with Crippen molar-refractivity contribution in [3.8, 4) is 0 Å². The average molecular weight is 185 g/mol. The molecule has 0 bridgehead atoms. The number of fused-ring (bicyclic) bond motifs is 1. The second-order valence-corrected chi connectivity index (χ2v) is 4.03. The predicted molar refractivity (Wildman–Crippen MR) is 60.6 cm³/mol. The molecule has 0 radical (unpaired) electrons. The standard InChI is InChI=1S/C13H15N/c1-9(2)12-5-4-11-6-7-14-10(3)13(11)8-12/h4-9H,1-3H3. The molecule has 0 saturated carbocycles. The summed E-state index contributed by atoms with van der Waals surface area (Å²) in [5, 5.41) is 2.56. The summed E-state index contributed by atoms with van der Waals surface area (Å²) in [5.41, 5.74) is 2.50. The summed E-state index contributed by atoms with van der Waals surface area (Å²) < 4.78 is 0. The Labute approximate surface area is 84.8 Å². The van der Waals surface area contributed by atoms with Gasteiger partial charge in [0.2, 0.25) is 0 Å². The Kier molecular flexibility index (Phi) is 2.24. The first-order valence-electron chi connectivity index (χ1n) is 5.04. The van der Waals surface area contributed by atoms with E-state index < -0.39 is 0 Å². The van der Waals surface area contributed by atoms with Crippen LogP contribution in [0.15, 0.2) is 30.5 Å². The van der Waals surface area contributed by atoms with Crippen LogP contribution in [0.1, 0.15) is 31.0 Å². The van der Waals surface area contributed by atoms with Gasteiger partial charge in [0.05, 0.1) is 0 Å². The van der Waals surface area contributed by atoms with Gasteiger partial charge in [-0.2, -0.15) is 0 Å². The molecule has 0 aliphatic carbocycles. The van der Waals surface area contributed by atoms with Gasteiger partial charge in [0.15, 0.2) is 0 Å². The SMILES string of the molecule is Cc1nccc2ccc(C(C)C)cc12. The van der Waals surface area contributed by atoms with Crippen LogP contribution in [0.3, 0.4) is 0 Å². The van der Waals surface area contributed by atoms with Crippen molar-refractivity contribution >= 4 is 10.8 Å². The van der Waals surface area contributed by atoms with Gasteiger partial charge in [0.1, 0.15) is 0 Å². The third-order valence-electron chi connectivity index (χ3n) is 2.66. The second-order valence-electron chi connectivity index (χ2n) is 4.03. The van der Waals surface area contributed by atoms with Crippen molar-refractivity contribution in [1.29, 1.82) is 0 Å². The van der Waals surface area contributed by atoms with Gasteiger partial charge in [-0.3, -0.25) is 4.98 Å². The highest BCUT2D eigenvalue weighted by Crippen LogP contribution is 2.22. The van der Waals surface area contributed by atoms with Gasteiger partial charge >= 0.3 is 0 Å². The summed E-state index contributed by atoms with van der Waals surface area (Å²) in [6.07, 6.45) is 1.87. The maximum atomic E-state index is 4.31. The molecule has 1 nitrogen and oxygen atoms in total. The molecule has 0 aliphatic rings. The van der Waals surface area contributed by atoms with Crippen LogP contribution in [0.4, 0.5) is 0 Å². The van der Waals surface area contributed by atoms with Crippen LogP contribution in [0.5, 0.6) is 0 Å². The van der Waals surface area contributed by atoms with Crippen LogP contribution in [0.2, 0.25) is 0 Å². The lowest BCUT2D eigenvalue weighted by molar-refractivity contribution is 0.868. The first kappa shape index (κ1) is 9.20. The number of aryl methyl sites for hydroxylation is 1. The summed E-state index contributed by atoms with van der Waals surface area (Å²) in [6.45, 7) is 6.49. The fourth-order valence-corrected chi connectivity index (χ4v) is 1.69. The van der Waals surface area contributed by atoms with E-state index in [9.17, 15) is 0 Å². The summed E-state index contributed by atoms with van der Waals surface area (Å²) in [5.74, 6) is 0.582. The first-order chi connectivity index (χ1) is 6.68. The lowest BCUT2D eigenvalue weighted by Gasteiger charge is -2.07. The molecule has 1 heteroatoms. The molecule has 1 heterocycles. The van der Waals surface area contributed by atoms with Crippen molar-refractivity contribution in [1.82, 2.24) is 4.98 Å². The van der Waals surface area contributed by atoms with Crippen LogP contribution in [0, 0.1) is 6.92 Å². The molecular weight excluding hydrogens is 170 g/mol. The molecule has 0 atom stereocenters. The molecule has 0 aliphatic heterocycles. The fraction of sp³-hybridized carbons (Fsp3) is 0.308. The maximum absolute atomic E-state index is 4.31. The van der Waals surface area contributed by atoms with Crippen LogP contribution >= 0.6 is 0 Å². The van der Waals surface area contributed by atoms with Crippen molar-refractivity contribution < 1.29 is 0 Å². The molecule has 14 heavy (non-hydrogen) atoms. The van der Waals surface area contributed by atoms with Gasteiger partial charge in [-0.15, -0.1) is 0 Å². The predicted octanol–water partition coefficient (Wildman–Crippen LogP) is 3.67. The van der Waals surface area contributed by atoms with E-state index in [1.807, 2.05) is 6.20 Å². The Bertz CT molecular complexity index is 458. The molecule has 0 spiro atoms. The van der Waals surface area contributed by atoms with Crippen LogP contribution in [0.25, 0.3) is 10.8 Å². The summed E-state index contributed by atoms with van der Waals surface area (Å²) >= 11 is 0. The molecule has 2 rings (SSSR count). The monoisotopic (exact) mass is 185 g/mol. The van der Waals surface area contributed by atoms with Gasteiger partial charge < -0.3 is 0 Å². The molecule has 0 fully saturated rings. The van der Waals surface area contributed by atoms with E-state index in [0.29, 0.717) is 5.92 Å². The maximum Gasteiger partial charge on any atom is 0.0451 e. The van der Waals surface area contributed by atoms with Crippen molar-refractivity contribution in [3.05, 3.63) is 41.7 Å². The lowest BCUT2D eigenvalue weighted by Crippen LogP contribution is -1.89. The van der Waals surface area contributed by atoms with E-state index >= 15 is 0 Å². The largest absolute Gasteiger partial charge is 0.261 e. The zero-order chi connectivity index (χ0) is 10.1. The van der Waals surface area contributed by atoms with Gasteiger partial charge in [0, 0.05) is 17.3 Å². The Hall–Kier alpha value is -1.37. The number of pyridine rings is 1. The van der Waals surface area contributed by atoms with Gasteiger partial charge in [-0.1, -0.05) is 26.0 Å². The van der Waals surface area contributed by atoms with E-state index in [-0.39, 0.29) is 0 Å². The molecule has 72 valence electrons. The first-order valence-corrected chi connectivity index (χ1v) is 5.04. The van der Waals surface area contributed by atoms with E-state index in [1.165, 1.54) is 16.3 Å². The second kappa shape index (κ2) is 3.41. The molecule has 0 amide bonds. The minimum Gasteiger partial charge on any atom is -0.261 e. The summed E-state index contributed by atoms with van der Waals surface area (Å²) in [4.78, 5) is 4.31. The zero-order valence-corrected chi connectivity index (χ0v) is 8.91. The molecule has 1 aromatic heterocycles. The Morgan fingerprint density at radius 1 is 1.14 bits per heavy atom. The topological polar surface area (TPSA) is 12.9 Å². The molecule has 0 saturated heterocycles. The highest BCUT2D eigenvalue weighted by atomic mass is 14.7.